The van der Waals surface area contributed by atoms with E-state index in [2.05, 4.69) is 49.6 Å². The zero-order valence-corrected chi connectivity index (χ0v) is 12.4. The van der Waals surface area contributed by atoms with Crippen molar-refractivity contribution in [3.63, 3.8) is 0 Å². The maximum absolute atomic E-state index is 3.48. The molecule has 0 fully saturated rings. The third-order valence-electron chi connectivity index (χ3n) is 4.12. The molecule has 1 aliphatic carbocycles. The number of aryl methyl sites for hydroxylation is 1. The second-order valence-corrected chi connectivity index (χ2v) is 5.65. The van der Waals surface area contributed by atoms with Gasteiger partial charge in [0.1, 0.15) is 0 Å². The molecule has 0 heterocycles. The van der Waals surface area contributed by atoms with Crippen LogP contribution in [0.5, 0.6) is 0 Å². The minimum Gasteiger partial charge on any atom is -0.313 e. The second kappa shape index (κ2) is 7.49. The largest absolute Gasteiger partial charge is 0.313 e. The maximum Gasteiger partial charge on any atom is 0.0355 e. The van der Waals surface area contributed by atoms with E-state index in [1.807, 2.05) is 0 Å². The normalized spacial score (nSPS) is 17.1. The van der Waals surface area contributed by atoms with Crippen molar-refractivity contribution >= 4 is 0 Å². The summed E-state index contributed by atoms with van der Waals surface area (Å²) in [6.45, 7) is 2.24. The molecule has 19 heavy (non-hydrogen) atoms. The van der Waals surface area contributed by atoms with Crippen LogP contribution in [0.2, 0.25) is 0 Å². The Kier molecular flexibility index (Phi) is 5.65. The van der Waals surface area contributed by atoms with E-state index in [1.165, 1.54) is 56.1 Å². The van der Waals surface area contributed by atoms with Gasteiger partial charge in [-0.3, -0.25) is 0 Å². The number of nitrogens with one attached hydrogen (secondary N) is 1. The van der Waals surface area contributed by atoms with Crippen molar-refractivity contribution in [2.75, 3.05) is 7.05 Å². The fourth-order valence-corrected chi connectivity index (χ4v) is 2.94. The predicted octanol–water partition coefficient (Wildman–Crippen LogP) is 4.79. The summed E-state index contributed by atoms with van der Waals surface area (Å²) in [5.74, 6) is 0. The summed E-state index contributed by atoms with van der Waals surface area (Å²) in [4.78, 5) is 0. The molecule has 0 aromatic heterocycles. The average Bonchev–Trinajstić information content (AvgIpc) is 2.47. The van der Waals surface area contributed by atoms with Gasteiger partial charge in [-0.1, -0.05) is 49.3 Å². The summed E-state index contributed by atoms with van der Waals surface area (Å²) < 4.78 is 0. The summed E-state index contributed by atoms with van der Waals surface area (Å²) in [5.41, 5.74) is 4.52. The molecule has 1 aromatic rings. The lowest BCUT2D eigenvalue weighted by molar-refractivity contribution is 0.558. The first-order valence-corrected chi connectivity index (χ1v) is 7.77. The highest BCUT2D eigenvalue weighted by molar-refractivity contribution is 5.26. The van der Waals surface area contributed by atoms with Crippen LogP contribution in [0.1, 0.15) is 62.6 Å². The molecular formula is C18H27N. The molecule has 1 nitrogen and oxygen atoms in total. The van der Waals surface area contributed by atoms with Crippen LogP contribution in [-0.2, 0) is 6.42 Å². The van der Waals surface area contributed by atoms with E-state index in [-0.39, 0.29) is 0 Å². The standard InChI is InChI=1S/C18H27N/c1-3-7-15-10-12-17(13-11-15)18(19-2)14-16-8-5-4-6-9-16/h8,10-13,18-19H,3-7,9,14H2,1-2H3. The molecule has 2 rings (SSSR count). The topological polar surface area (TPSA) is 12.0 Å². The zero-order chi connectivity index (χ0) is 13.5. The molecule has 0 saturated carbocycles. The molecule has 1 aliphatic rings. The lowest BCUT2D eigenvalue weighted by Gasteiger charge is -2.21. The summed E-state index contributed by atoms with van der Waals surface area (Å²) >= 11 is 0. The maximum atomic E-state index is 3.48. The van der Waals surface area contributed by atoms with Gasteiger partial charge in [0.05, 0.1) is 0 Å². The molecule has 1 N–H and O–H groups in total. The van der Waals surface area contributed by atoms with Gasteiger partial charge in [-0.25, -0.2) is 0 Å². The van der Waals surface area contributed by atoms with Crippen molar-refractivity contribution in [1.82, 2.24) is 5.32 Å². The van der Waals surface area contributed by atoms with Crippen LogP contribution in [0.15, 0.2) is 35.9 Å². The molecule has 0 spiro atoms. The molecule has 0 radical (unpaired) electrons. The Hall–Kier alpha value is -1.08. The Morgan fingerprint density at radius 2 is 1.95 bits per heavy atom. The fourth-order valence-electron chi connectivity index (χ4n) is 2.94. The van der Waals surface area contributed by atoms with Crippen molar-refractivity contribution < 1.29 is 0 Å². The highest BCUT2D eigenvalue weighted by Gasteiger charge is 2.13. The Morgan fingerprint density at radius 1 is 1.16 bits per heavy atom. The number of allylic oxidation sites excluding steroid dienone is 1. The van der Waals surface area contributed by atoms with Crippen molar-refractivity contribution in [1.29, 1.82) is 0 Å². The van der Waals surface area contributed by atoms with Gasteiger partial charge >= 0.3 is 0 Å². The first kappa shape index (κ1) is 14.3. The monoisotopic (exact) mass is 257 g/mol. The molecule has 0 bridgehead atoms. The van der Waals surface area contributed by atoms with Gasteiger partial charge in [0.25, 0.3) is 0 Å². The van der Waals surface area contributed by atoms with Crippen molar-refractivity contribution in [2.24, 2.45) is 0 Å². The quantitative estimate of drug-likeness (QED) is 0.722. The summed E-state index contributed by atoms with van der Waals surface area (Å²) in [5, 5.41) is 3.48. The van der Waals surface area contributed by atoms with Crippen LogP contribution in [-0.4, -0.2) is 7.05 Å². The molecule has 104 valence electrons. The molecule has 0 aliphatic heterocycles. The Labute approximate surface area is 118 Å². The highest BCUT2D eigenvalue weighted by atomic mass is 14.9. The number of hydrogen-bond acceptors (Lipinski definition) is 1. The minimum atomic E-state index is 0.472. The van der Waals surface area contributed by atoms with Crippen LogP contribution < -0.4 is 5.32 Å². The lowest BCUT2D eigenvalue weighted by atomic mass is 9.91. The van der Waals surface area contributed by atoms with E-state index in [4.69, 9.17) is 0 Å². The van der Waals surface area contributed by atoms with Gasteiger partial charge in [-0.2, -0.15) is 0 Å². The first-order valence-electron chi connectivity index (χ1n) is 7.77. The fraction of sp³-hybridized carbons (Fsp3) is 0.556. The minimum absolute atomic E-state index is 0.472. The van der Waals surface area contributed by atoms with E-state index < -0.39 is 0 Å². The number of rotatable bonds is 6. The van der Waals surface area contributed by atoms with Crippen molar-refractivity contribution in [3.05, 3.63) is 47.0 Å². The first-order chi connectivity index (χ1) is 9.33. The summed E-state index contributed by atoms with van der Waals surface area (Å²) in [7, 11) is 2.08. The molecule has 1 atom stereocenters. The van der Waals surface area contributed by atoms with Gasteiger partial charge in [-0.15, -0.1) is 0 Å². The summed E-state index contributed by atoms with van der Waals surface area (Å²) in [6.07, 6.45) is 11.4. The van der Waals surface area contributed by atoms with Crippen LogP contribution in [0.3, 0.4) is 0 Å². The van der Waals surface area contributed by atoms with E-state index in [1.54, 1.807) is 5.57 Å². The Morgan fingerprint density at radius 3 is 2.53 bits per heavy atom. The molecular weight excluding hydrogens is 230 g/mol. The van der Waals surface area contributed by atoms with Crippen LogP contribution in [0.25, 0.3) is 0 Å². The second-order valence-electron chi connectivity index (χ2n) is 5.65. The molecule has 1 heteroatoms. The Bertz CT molecular complexity index is 402. The van der Waals surface area contributed by atoms with Crippen LogP contribution in [0, 0.1) is 0 Å². The van der Waals surface area contributed by atoms with Gasteiger partial charge in [0.15, 0.2) is 0 Å². The van der Waals surface area contributed by atoms with Crippen molar-refractivity contribution in [3.8, 4) is 0 Å². The molecule has 1 unspecified atom stereocenters. The lowest BCUT2D eigenvalue weighted by Crippen LogP contribution is -2.17. The van der Waals surface area contributed by atoms with E-state index >= 15 is 0 Å². The molecule has 0 amide bonds. The molecule has 0 saturated heterocycles. The predicted molar refractivity (Wildman–Crippen MR) is 83.4 cm³/mol. The average molecular weight is 257 g/mol. The highest BCUT2D eigenvalue weighted by Crippen LogP contribution is 2.27. The number of hydrogen-bond donors (Lipinski definition) is 1. The van der Waals surface area contributed by atoms with Gasteiger partial charge in [0, 0.05) is 6.04 Å². The zero-order valence-electron chi connectivity index (χ0n) is 12.4. The number of benzene rings is 1. The van der Waals surface area contributed by atoms with Crippen LogP contribution in [0.4, 0.5) is 0 Å². The van der Waals surface area contributed by atoms with Gasteiger partial charge in [0.2, 0.25) is 0 Å². The Balaban J connectivity index is 2.01. The van der Waals surface area contributed by atoms with E-state index in [0.29, 0.717) is 6.04 Å². The van der Waals surface area contributed by atoms with Gasteiger partial charge in [-0.05, 0) is 56.7 Å². The van der Waals surface area contributed by atoms with Crippen molar-refractivity contribution in [2.45, 2.75) is 57.9 Å². The molecule has 1 aromatic carbocycles. The third-order valence-corrected chi connectivity index (χ3v) is 4.12. The summed E-state index contributed by atoms with van der Waals surface area (Å²) in [6, 6.07) is 9.65. The van der Waals surface area contributed by atoms with E-state index in [0.717, 1.165) is 0 Å². The van der Waals surface area contributed by atoms with Crippen LogP contribution >= 0.6 is 0 Å². The van der Waals surface area contributed by atoms with Gasteiger partial charge < -0.3 is 5.32 Å². The third kappa shape index (κ3) is 4.21. The van der Waals surface area contributed by atoms with E-state index in [9.17, 15) is 0 Å². The SMILES string of the molecule is CCCc1ccc(C(CC2=CCCCC2)NC)cc1. The smallest absolute Gasteiger partial charge is 0.0355 e.